The molecule has 316 valence electrons. The fourth-order valence-electron chi connectivity index (χ4n) is 8.35. The number of benzene rings is 3. The Labute approximate surface area is 351 Å². The van der Waals surface area contributed by atoms with Gasteiger partial charge in [0, 0.05) is 19.0 Å². The van der Waals surface area contributed by atoms with Gasteiger partial charge in [0.2, 0.25) is 11.8 Å². The lowest BCUT2D eigenvalue weighted by Crippen LogP contribution is -2.67. The number of guanidine groups is 1. The molecule has 2 saturated heterocycles. The fourth-order valence-corrected chi connectivity index (χ4v) is 9.37. The monoisotopic (exact) mass is 825 g/mol. The molecule has 13 nitrogen and oxygen atoms in total. The summed E-state index contributed by atoms with van der Waals surface area (Å²) >= 11 is 1.38. The lowest BCUT2D eigenvalue weighted by atomic mass is 9.80. The zero-order valence-corrected chi connectivity index (χ0v) is 36.1. The minimum atomic E-state index is -1.31. The normalized spacial score (nSPS) is 20.5. The number of nitrogens with zero attached hydrogens (tertiary/aromatic N) is 3. The number of amides is 3. The van der Waals surface area contributed by atoms with Gasteiger partial charge in [-0.05, 0) is 126 Å². The van der Waals surface area contributed by atoms with Crippen LogP contribution in [-0.2, 0) is 27.3 Å². The molecule has 0 aliphatic carbocycles. The van der Waals surface area contributed by atoms with Gasteiger partial charge in [-0.25, -0.2) is 14.8 Å². The molecule has 5 atom stereocenters. The highest BCUT2D eigenvalue weighted by Gasteiger charge is 2.54. The van der Waals surface area contributed by atoms with E-state index >= 15 is 0 Å². The van der Waals surface area contributed by atoms with Crippen molar-refractivity contribution in [2.24, 2.45) is 10.7 Å². The molecule has 2 fully saturated rings. The third-order valence-electron chi connectivity index (χ3n) is 11.5. The van der Waals surface area contributed by atoms with Crippen molar-refractivity contribution < 1.29 is 29.0 Å². The molecule has 3 amide bonds. The maximum atomic E-state index is 14.8. The Kier molecular flexibility index (Phi) is 13.5. The van der Waals surface area contributed by atoms with Gasteiger partial charge in [-0.1, -0.05) is 42.5 Å². The van der Waals surface area contributed by atoms with Gasteiger partial charge >= 0.3 is 6.09 Å². The van der Waals surface area contributed by atoms with E-state index in [1.165, 1.54) is 11.3 Å². The summed E-state index contributed by atoms with van der Waals surface area (Å²) in [5.74, 6) is 0.478. The van der Waals surface area contributed by atoms with E-state index < -0.39 is 35.4 Å². The number of nitrogens with one attached hydrogen (secondary N) is 3. The molecule has 6 N–H and O–H groups in total. The molecule has 2 aliphatic rings. The van der Waals surface area contributed by atoms with Crippen molar-refractivity contribution in [1.82, 2.24) is 25.8 Å². The van der Waals surface area contributed by atoms with Crippen LogP contribution in [-0.4, -0.2) is 81.8 Å². The number of hydrogen-bond donors (Lipinski definition) is 5. The minimum absolute atomic E-state index is 0.156. The number of aryl methyl sites for hydroxylation is 1. The first kappa shape index (κ1) is 43.4. The molecular weight excluding hydrogens is 767 g/mol. The third kappa shape index (κ3) is 10.2. The molecule has 6 rings (SSSR count). The van der Waals surface area contributed by atoms with Crippen molar-refractivity contribution >= 4 is 45.4 Å². The zero-order chi connectivity index (χ0) is 42.5. The molecule has 3 aromatic carbocycles. The number of rotatable bonds is 14. The number of alkyl carbamates (subject to hydrolysis) is 1. The number of aliphatic hydroxyl groups is 1. The molecule has 4 aromatic rings. The van der Waals surface area contributed by atoms with Crippen LogP contribution in [0.4, 0.5) is 4.79 Å². The van der Waals surface area contributed by atoms with Crippen LogP contribution in [0.1, 0.15) is 98.2 Å². The molecule has 14 heteroatoms. The van der Waals surface area contributed by atoms with Crippen molar-refractivity contribution in [3.63, 3.8) is 0 Å². The second kappa shape index (κ2) is 18.4. The number of ether oxygens (including phenoxy) is 2. The Morgan fingerprint density at radius 3 is 2.51 bits per heavy atom. The van der Waals surface area contributed by atoms with E-state index in [0.717, 1.165) is 43.8 Å². The van der Waals surface area contributed by atoms with Gasteiger partial charge in [-0.3, -0.25) is 9.59 Å². The fraction of sp³-hybridized carbons (Fsp3) is 0.489. The number of thiazole rings is 1. The van der Waals surface area contributed by atoms with Crippen LogP contribution in [0.5, 0.6) is 5.75 Å². The van der Waals surface area contributed by atoms with E-state index in [1.54, 1.807) is 32.8 Å². The first-order valence-electron chi connectivity index (χ1n) is 20.5. The maximum absolute atomic E-state index is 14.8. The predicted molar refractivity (Wildman–Crippen MR) is 231 cm³/mol. The van der Waals surface area contributed by atoms with E-state index in [2.05, 4.69) is 27.9 Å². The Bertz CT molecular complexity index is 2140. The number of hydrogen-bond acceptors (Lipinski definition) is 9. The second-order valence-electron chi connectivity index (χ2n) is 16.8. The zero-order valence-electron chi connectivity index (χ0n) is 35.3. The molecule has 2 aliphatic heterocycles. The Morgan fingerprint density at radius 2 is 1.80 bits per heavy atom. The highest BCUT2D eigenvalue weighted by atomic mass is 32.1. The van der Waals surface area contributed by atoms with Crippen LogP contribution >= 0.6 is 11.3 Å². The van der Waals surface area contributed by atoms with Gasteiger partial charge < -0.3 is 41.2 Å². The summed E-state index contributed by atoms with van der Waals surface area (Å²) in [5.41, 5.74) is 10.2. The van der Waals surface area contributed by atoms with Crippen LogP contribution in [0.25, 0.3) is 10.2 Å². The summed E-state index contributed by atoms with van der Waals surface area (Å²) in [4.78, 5) is 53.5. The van der Waals surface area contributed by atoms with Crippen LogP contribution in [0, 0.1) is 20.8 Å². The van der Waals surface area contributed by atoms with E-state index in [-0.39, 0.29) is 24.3 Å². The van der Waals surface area contributed by atoms with Crippen LogP contribution in [0.15, 0.2) is 65.7 Å². The summed E-state index contributed by atoms with van der Waals surface area (Å²) in [6, 6.07) is 17.6. The Balaban J connectivity index is 1.18. The lowest BCUT2D eigenvalue weighted by molar-refractivity contribution is -0.150. The van der Waals surface area contributed by atoms with Crippen molar-refractivity contribution in [3.05, 3.63) is 93.5 Å². The number of fused-ring (bicyclic) bond motifs is 2. The van der Waals surface area contributed by atoms with Crippen molar-refractivity contribution in [2.45, 2.75) is 128 Å². The van der Waals surface area contributed by atoms with Gasteiger partial charge in [-0.2, -0.15) is 0 Å². The van der Waals surface area contributed by atoms with Gasteiger partial charge in [0.1, 0.15) is 34.0 Å². The minimum Gasteiger partial charge on any atom is -0.496 e. The van der Waals surface area contributed by atoms with E-state index in [4.69, 9.17) is 20.2 Å². The lowest BCUT2D eigenvalue weighted by Gasteiger charge is -2.45. The first-order valence-corrected chi connectivity index (χ1v) is 21.3. The number of para-hydroxylation sites is 1. The van der Waals surface area contributed by atoms with Crippen LogP contribution in [0.3, 0.4) is 0 Å². The number of carbonyl (C=O) groups excluding carboxylic acids is 3. The number of piperidine rings is 1. The molecule has 1 unspecified atom stereocenters. The average Bonchev–Trinajstić information content (AvgIpc) is 3.83. The van der Waals surface area contributed by atoms with Crippen LogP contribution in [0.2, 0.25) is 0 Å². The van der Waals surface area contributed by atoms with Gasteiger partial charge in [0.05, 0.1) is 29.9 Å². The quantitative estimate of drug-likeness (QED) is 0.0555. The Hall–Kier alpha value is -5.21. The SMILES string of the molecule is COc1cc(C)c(CN=C(N)NCCC[C@H](NC(=O)[C@@H]2CC[C@@H]3CC[C@](Cc4ccccc4)(NC(=O)OC(C)(C)C)C(=O)N32)C(O)c2nc3ccccc3s2)c(C)c1C. The van der Waals surface area contributed by atoms with Gasteiger partial charge in [0.15, 0.2) is 5.96 Å². The predicted octanol–water partition coefficient (Wildman–Crippen LogP) is 6.29. The topological polar surface area (TPSA) is 180 Å². The molecule has 59 heavy (non-hydrogen) atoms. The average molecular weight is 826 g/mol. The van der Waals surface area contributed by atoms with E-state index in [1.807, 2.05) is 74.5 Å². The summed E-state index contributed by atoms with van der Waals surface area (Å²) < 4.78 is 12.1. The van der Waals surface area contributed by atoms with Crippen molar-refractivity contribution in [1.29, 1.82) is 0 Å². The second-order valence-corrected chi connectivity index (χ2v) is 17.9. The highest BCUT2D eigenvalue weighted by Crippen LogP contribution is 2.39. The van der Waals surface area contributed by atoms with Gasteiger partial charge in [0.25, 0.3) is 0 Å². The highest BCUT2D eigenvalue weighted by molar-refractivity contribution is 7.18. The van der Waals surface area contributed by atoms with Crippen LogP contribution < -0.4 is 26.4 Å². The first-order chi connectivity index (χ1) is 28.1. The van der Waals surface area contributed by atoms with E-state index in [9.17, 15) is 19.5 Å². The number of methoxy groups -OCH3 is 1. The standard InChI is InChI=1S/C45H59N7O6S/c1-27-24-36(57-7)29(3)28(2)32(27)26-48-42(46)47-23-13-17-34(38(53)40-50-33-16-11-12-18-37(33)59-40)49-39(54)35-20-19-31-21-22-45(41(55)52(31)35,25-30-14-9-8-10-15-30)51-43(56)58-44(4,5)6/h8-12,14-16,18,24,31,34-35,38,53H,13,17,19-23,25-26H2,1-7H3,(H,49,54)(H,51,56)(H3,46,47,48)/t31-,34+,35+,38?,45-/m1/s1. The smallest absolute Gasteiger partial charge is 0.408 e. The molecule has 3 heterocycles. The maximum Gasteiger partial charge on any atom is 0.408 e. The number of nitrogens with two attached hydrogens (primary N) is 1. The number of aromatic nitrogens is 1. The molecular formula is C45H59N7O6S. The molecule has 1 aromatic heterocycles. The summed E-state index contributed by atoms with van der Waals surface area (Å²) in [7, 11) is 1.67. The molecule has 0 radical (unpaired) electrons. The largest absolute Gasteiger partial charge is 0.496 e. The Morgan fingerprint density at radius 1 is 1.07 bits per heavy atom. The van der Waals surface area contributed by atoms with Gasteiger partial charge in [-0.15, -0.1) is 11.3 Å². The molecule has 0 bridgehead atoms. The van der Waals surface area contributed by atoms with Crippen molar-refractivity contribution in [2.75, 3.05) is 13.7 Å². The third-order valence-corrected chi connectivity index (χ3v) is 12.7. The number of aliphatic imine (C=N–C) groups is 1. The molecule has 0 spiro atoms. The number of carbonyl (C=O) groups is 3. The molecule has 0 saturated carbocycles. The van der Waals surface area contributed by atoms with Crippen molar-refractivity contribution in [3.8, 4) is 5.75 Å². The van der Waals surface area contributed by atoms with E-state index in [0.29, 0.717) is 62.6 Å². The summed E-state index contributed by atoms with van der Waals surface area (Å²) in [6.45, 7) is 12.3. The summed E-state index contributed by atoms with van der Waals surface area (Å²) in [5, 5.41) is 21.6. The number of aliphatic hydroxyl groups excluding tert-OH is 1. The summed E-state index contributed by atoms with van der Waals surface area (Å²) in [6.07, 6.45) is 1.53.